The third-order valence-electron chi connectivity index (χ3n) is 2.98. The average Bonchev–Trinajstić information content (AvgIpc) is 2.26. The number of rotatable bonds is 5. The van der Waals surface area contributed by atoms with Crippen LogP contribution in [0.4, 0.5) is 5.82 Å². The van der Waals surface area contributed by atoms with Crippen molar-refractivity contribution < 1.29 is 8.42 Å². The van der Waals surface area contributed by atoms with E-state index in [-0.39, 0.29) is 16.4 Å². The minimum absolute atomic E-state index is 0.0360. The first kappa shape index (κ1) is 15.9. The molecule has 0 aliphatic carbocycles. The van der Waals surface area contributed by atoms with Crippen molar-refractivity contribution in [2.24, 2.45) is 11.1 Å². The number of pyridine rings is 1. The van der Waals surface area contributed by atoms with Crippen molar-refractivity contribution in [3.05, 3.63) is 18.3 Å². The Hall–Kier alpha value is -1.14. The van der Waals surface area contributed by atoms with Crippen molar-refractivity contribution in [3.8, 4) is 0 Å². The van der Waals surface area contributed by atoms with E-state index in [2.05, 4.69) is 31.1 Å². The van der Waals surface area contributed by atoms with Crippen molar-refractivity contribution in [1.29, 1.82) is 0 Å². The minimum Gasteiger partial charge on any atom is -0.366 e. The van der Waals surface area contributed by atoms with E-state index >= 15 is 0 Å². The summed E-state index contributed by atoms with van der Waals surface area (Å²) in [6.45, 7) is 6.80. The molecule has 1 aromatic heterocycles. The first-order valence-corrected chi connectivity index (χ1v) is 8.17. The van der Waals surface area contributed by atoms with Crippen molar-refractivity contribution in [3.63, 3.8) is 0 Å². The fourth-order valence-corrected chi connectivity index (χ4v) is 2.64. The zero-order valence-corrected chi connectivity index (χ0v) is 12.8. The Bertz CT molecular complexity index is 521. The predicted molar refractivity (Wildman–Crippen MR) is 77.9 cm³/mol. The lowest BCUT2D eigenvalue weighted by atomic mass is 9.85. The van der Waals surface area contributed by atoms with E-state index in [4.69, 9.17) is 5.73 Å². The summed E-state index contributed by atoms with van der Waals surface area (Å²) in [5.74, 6) is 0.401. The molecule has 6 heteroatoms. The van der Waals surface area contributed by atoms with Gasteiger partial charge in [0.05, 0.1) is 0 Å². The van der Waals surface area contributed by atoms with Gasteiger partial charge in [-0.3, -0.25) is 0 Å². The zero-order valence-electron chi connectivity index (χ0n) is 12.0. The third kappa shape index (κ3) is 4.47. The molecule has 0 aliphatic rings. The topological polar surface area (TPSA) is 85.1 Å². The Morgan fingerprint density at radius 2 is 2.05 bits per heavy atom. The Morgan fingerprint density at radius 1 is 1.42 bits per heavy atom. The summed E-state index contributed by atoms with van der Waals surface area (Å²) in [6, 6.07) is 3.25. The fraction of sp³-hybridized carbons (Fsp3) is 0.615. The van der Waals surface area contributed by atoms with Gasteiger partial charge in [0.25, 0.3) is 0 Å². The van der Waals surface area contributed by atoms with Crippen LogP contribution in [-0.2, 0) is 9.84 Å². The number of nitrogens with two attached hydrogens (primary N) is 1. The van der Waals surface area contributed by atoms with Gasteiger partial charge < -0.3 is 11.1 Å². The second kappa shape index (κ2) is 5.88. The van der Waals surface area contributed by atoms with Crippen molar-refractivity contribution >= 4 is 15.7 Å². The van der Waals surface area contributed by atoms with E-state index < -0.39 is 9.84 Å². The van der Waals surface area contributed by atoms with E-state index in [1.54, 1.807) is 18.3 Å². The molecule has 0 fully saturated rings. The number of hydrogen-bond donors (Lipinski definition) is 2. The van der Waals surface area contributed by atoms with Crippen molar-refractivity contribution in [1.82, 2.24) is 4.98 Å². The summed E-state index contributed by atoms with van der Waals surface area (Å²) >= 11 is 0. The highest BCUT2D eigenvalue weighted by Crippen LogP contribution is 2.27. The maximum absolute atomic E-state index is 11.7. The molecule has 0 aliphatic heterocycles. The summed E-state index contributed by atoms with van der Waals surface area (Å²) < 4.78 is 23.5. The van der Waals surface area contributed by atoms with Gasteiger partial charge in [0.2, 0.25) is 0 Å². The van der Waals surface area contributed by atoms with Crippen LogP contribution < -0.4 is 11.1 Å². The molecule has 0 radical (unpaired) electrons. The van der Waals surface area contributed by atoms with Crippen LogP contribution >= 0.6 is 0 Å². The number of anilines is 1. The quantitative estimate of drug-likeness (QED) is 0.859. The van der Waals surface area contributed by atoms with Gasteiger partial charge in [0.15, 0.2) is 9.84 Å². The maximum atomic E-state index is 11.7. The van der Waals surface area contributed by atoms with Crippen LogP contribution in [0.15, 0.2) is 23.2 Å². The smallest absolute Gasteiger partial charge is 0.179 e. The van der Waals surface area contributed by atoms with Crippen molar-refractivity contribution in [2.45, 2.75) is 38.1 Å². The van der Waals surface area contributed by atoms with Crippen LogP contribution in [0.25, 0.3) is 0 Å². The Morgan fingerprint density at radius 3 is 2.53 bits per heavy atom. The lowest BCUT2D eigenvalue weighted by molar-refractivity contribution is 0.327. The van der Waals surface area contributed by atoms with Gasteiger partial charge in [0.1, 0.15) is 10.7 Å². The van der Waals surface area contributed by atoms with Crippen LogP contribution in [0, 0.1) is 5.41 Å². The van der Waals surface area contributed by atoms with Crippen LogP contribution in [0.5, 0.6) is 0 Å². The number of hydrogen-bond acceptors (Lipinski definition) is 5. The SMILES string of the molecule is CC(C)(C)C(CCN)Nc1ncccc1S(C)(=O)=O. The molecular formula is C13H23N3O2S. The van der Waals surface area contributed by atoms with E-state index in [9.17, 15) is 8.42 Å². The van der Waals surface area contributed by atoms with Crippen molar-refractivity contribution in [2.75, 3.05) is 18.1 Å². The Kier molecular flexibility index (Phi) is 4.92. The molecule has 1 rings (SSSR count). The van der Waals surface area contributed by atoms with Gasteiger partial charge in [0, 0.05) is 18.5 Å². The van der Waals surface area contributed by atoms with Gasteiger partial charge in [-0.1, -0.05) is 20.8 Å². The van der Waals surface area contributed by atoms with E-state index in [0.717, 1.165) is 6.42 Å². The summed E-state index contributed by atoms with van der Waals surface area (Å²) in [5, 5.41) is 3.22. The van der Waals surface area contributed by atoms with Gasteiger partial charge >= 0.3 is 0 Å². The third-order valence-corrected chi connectivity index (χ3v) is 4.11. The monoisotopic (exact) mass is 285 g/mol. The minimum atomic E-state index is -3.30. The van der Waals surface area contributed by atoms with Gasteiger partial charge in [-0.25, -0.2) is 13.4 Å². The molecule has 1 aromatic rings. The molecule has 0 amide bonds. The summed E-state index contributed by atoms with van der Waals surface area (Å²) in [6.07, 6.45) is 3.52. The fourth-order valence-electron chi connectivity index (χ4n) is 1.85. The molecular weight excluding hydrogens is 262 g/mol. The molecule has 1 unspecified atom stereocenters. The first-order chi connectivity index (χ1) is 8.66. The summed E-state index contributed by atoms with van der Waals surface area (Å²) in [7, 11) is -3.30. The largest absolute Gasteiger partial charge is 0.366 e. The summed E-state index contributed by atoms with van der Waals surface area (Å²) in [5.41, 5.74) is 5.59. The standard InChI is InChI=1S/C13H23N3O2S/c1-13(2,3)11(7-8-14)16-12-10(19(4,17)18)6-5-9-15-12/h5-6,9,11H,7-8,14H2,1-4H3,(H,15,16). The second-order valence-electron chi connectivity index (χ2n) is 5.76. The Balaban J connectivity index is 3.11. The maximum Gasteiger partial charge on any atom is 0.179 e. The highest BCUT2D eigenvalue weighted by Gasteiger charge is 2.26. The number of aromatic nitrogens is 1. The van der Waals surface area contributed by atoms with Gasteiger partial charge in [-0.05, 0) is 30.5 Å². The number of nitrogens with zero attached hydrogens (tertiary/aromatic N) is 1. The highest BCUT2D eigenvalue weighted by atomic mass is 32.2. The molecule has 19 heavy (non-hydrogen) atoms. The highest BCUT2D eigenvalue weighted by molar-refractivity contribution is 7.90. The Labute approximate surface area is 115 Å². The van der Waals surface area contributed by atoms with E-state index in [0.29, 0.717) is 12.4 Å². The molecule has 0 bridgehead atoms. The molecule has 0 saturated heterocycles. The van der Waals surface area contributed by atoms with Crippen LogP contribution in [0.3, 0.4) is 0 Å². The van der Waals surface area contributed by atoms with Gasteiger partial charge in [-0.15, -0.1) is 0 Å². The molecule has 1 atom stereocenters. The van der Waals surface area contributed by atoms with Gasteiger partial charge in [-0.2, -0.15) is 0 Å². The normalized spacial score (nSPS) is 14.2. The molecule has 0 saturated carbocycles. The number of nitrogens with one attached hydrogen (secondary N) is 1. The van der Waals surface area contributed by atoms with E-state index in [1.165, 1.54) is 6.26 Å². The molecule has 0 spiro atoms. The summed E-state index contributed by atoms with van der Waals surface area (Å²) in [4.78, 5) is 4.37. The second-order valence-corrected chi connectivity index (χ2v) is 7.75. The van der Waals surface area contributed by atoms with Crippen LogP contribution in [-0.4, -0.2) is 32.2 Å². The molecule has 5 nitrogen and oxygen atoms in total. The predicted octanol–water partition coefficient (Wildman–Crippen LogP) is 1.66. The van der Waals surface area contributed by atoms with Crippen LogP contribution in [0.1, 0.15) is 27.2 Å². The lowest BCUT2D eigenvalue weighted by Gasteiger charge is -2.32. The molecule has 1 heterocycles. The van der Waals surface area contributed by atoms with E-state index in [1.807, 2.05) is 0 Å². The number of sulfone groups is 1. The zero-order chi connectivity index (χ0) is 14.7. The lowest BCUT2D eigenvalue weighted by Crippen LogP contribution is -2.36. The molecule has 0 aromatic carbocycles. The average molecular weight is 285 g/mol. The molecule has 3 N–H and O–H groups in total. The molecule has 108 valence electrons. The first-order valence-electron chi connectivity index (χ1n) is 6.28. The van der Waals surface area contributed by atoms with Crippen LogP contribution in [0.2, 0.25) is 0 Å².